The fourth-order valence-electron chi connectivity index (χ4n) is 2.95. The van der Waals surface area contributed by atoms with E-state index in [1.54, 1.807) is 0 Å². The summed E-state index contributed by atoms with van der Waals surface area (Å²) in [4.78, 5) is 5.21. The molecule has 0 saturated heterocycles. The van der Waals surface area contributed by atoms with Crippen LogP contribution in [0.25, 0.3) is 0 Å². The Balaban J connectivity index is 4.70. The van der Waals surface area contributed by atoms with Gasteiger partial charge in [-0.1, -0.05) is 55.4 Å². The second-order valence-corrected chi connectivity index (χ2v) is 7.99. The van der Waals surface area contributed by atoms with Gasteiger partial charge in [-0.15, -0.1) is 0 Å². The van der Waals surface area contributed by atoms with E-state index in [-0.39, 0.29) is 0 Å². The maximum atomic E-state index is 3.81. The quantitative estimate of drug-likeness (QED) is 0.561. The molecule has 0 radical (unpaired) electrons. The lowest BCUT2D eigenvalue weighted by atomic mass is 10.1. The molecular weight excluding hydrogens is 270 g/mol. The van der Waals surface area contributed by atoms with Gasteiger partial charge in [0, 0.05) is 32.2 Å². The van der Waals surface area contributed by atoms with Gasteiger partial charge in [0.25, 0.3) is 0 Å². The molecule has 0 aromatic carbocycles. The predicted molar refractivity (Wildman–Crippen MR) is 101 cm³/mol. The minimum Gasteiger partial charge on any atom is -0.311 e. The van der Waals surface area contributed by atoms with E-state index in [0.29, 0.717) is 12.0 Å². The first-order valence-electron chi connectivity index (χ1n) is 9.46. The topological polar surface area (TPSA) is 18.5 Å². The predicted octanol–water partition coefficient (Wildman–Crippen LogP) is 3.56. The van der Waals surface area contributed by atoms with E-state index in [1.807, 2.05) is 0 Å². The molecule has 1 N–H and O–H groups in total. The summed E-state index contributed by atoms with van der Waals surface area (Å²) in [6.45, 7) is 26.6. The molecule has 3 heteroatoms. The zero-order valence-corrected chi connectivity index (χ0v) is 16.7. The van der Waals surface area contributed by atoms with Gasteiger partial charge in [0.2, 0.25) is 0 Å². The van der Waals surface area contributed by atoms with Gasteiger partial charge in [0.1, 0.15) is 0 Å². The largest absolute Gasteiger partial charge is 0.311 e. The summed E-state index contributed by atoms with van der Waals surface area (Å²) < 4.78 is 0. The lowest BCUT2D eigenvalue weighted by molar-refractivity contribution is 0.169. The summed E-state index contributed by atoms with van der Waals surface area (Å²) in [7, 11) is 0. The molecule has 0 spiro atoms. The molecular formula is C19H43N3. The third-order valence-corrected chi connectivity index (χ3v) is 3.91. The first-order chi connectivity index (χ1) is 10.3. The molecule has 0 aromatic rings. The van der Waals surface area contributed by atoms with Crippen LogP contribution >= 0.6 is 0 Å². The van der Waals surface area contributed by atoms with E-state index in [2.05, 4.69) is 70.5 Å². The highest BCUT2D eigenvalue weighted by molar-refractivity contribution is 4.77. The number of hydrogen-bond acceptors (Lipinski definition) is 3. The van der Waals surface area contributed by atoms with Crippen molar-refractivity contribution < 1.29 is 0 Å². The minimum atomic E-state index is 0.569. The summed E-state index contributed by atoms with van der Waals surface area (Å²) >= 11 is 0. The summed E-state index contributed by atoms with van der Waals surface area (Å²) in [5.74, 6) is 2.18. The standard InChI is InChI=1S/C19H43N3/c1-9-21(10-2)14-19(20-11-16(3)4)15-22(12-17(5)6)13-18(7)8/h16-20H,9-15H2,1-8H3/t19-/m0/s1. The maximum Gasteiger partial charge on any atom is 0.0322 e. The van der Waals surface area contributed by atoms with Crippen LogP contribution in [0.1, 0.15) is 55.4 Å². The van der Waals surface area contributed by atoms with Crippen molar-refractivity contribution >= 4 is 0 Å². The van der Waals surface area contributed by atoms with Gasteiger partial charge < -0.3 is 15.1 Å². The van der Waals surface area contributed by atoms with E-state index < -0.39 is 0 Å². The van der Waals surface area contributed by atoms with Crippen molar-refractivity contribution in [2.24, 2.45) is 17.8 Å². The molecule has 0 aromatic heterocycles. The fraction of sp³-hybridized carbons (Fsp3) is 1.00. The normalized spacial score (nSPS) is 14.0. The Hall–Kier alpha value is -0.120. The van der Waals surface area contributed by atoms with Crippen molar-refractivity contribution in [1.82, 2.24) is 15.1 Å². The molecule has 1 atom stereocenters. The van der Waals surface area contributed by atoms with Gasteiger partial charge in [0.15, 0.2) is 0 Å². The van der Waals surface area contributed by atoms with Gasteiger partial charge in [-0.05, 0) is 37.4 Å². The van der Waals surface area contributed by atoms with Gasteiger partial charge in [-0.3, -0.25) is 0 Å². The van der Waals surface area contributed by atoms with Crippen LogP contribution in [-0.4, -0.2) is 61.7 Å². The van der Waals surface area contributed by atoms with Gasteiger partial charge in [0.05, 0.1) is 0 Å². The molecule has 0 amide bonds. The molecule has 0 rings (SSSR count). The summed E-state index contributed by atoms with van der Waals surface area (Å²) in [6.07, 6.45) is 0. The van der Waals surface area contributed by atoms with Crippen molar-refractivity contribution in [2.45, 2.75) is 61.4 Å². The van der Waals surface area contributed by atoms with Crippen LogP contribution in [0.5, 0.6) is 0 Å². The van der Waals surface area contributed by atoms with Crippen LogP contribution in [0.4, 0.5) is 0 Å². The van der Waals surface area contributed by atoms with Crippen LogP contribution in [-0.2, 0) is 0 Å². The Labute approximate surface area is 140 Å². The molecule has 0 fully saturated rings. The van der Waals surface area contributed by atoms with Gasteiger partial charge >= 0.3 is 0 Å². The SMILES string of the molecule is CCN(CC)C[C@@H](CN(CC(C)C)CC(C)C)NCC(C)C. The maximum absolute atomic E-state index is 3.81. The van der Waals surface area contributed by atoms with E-state index in [0.717, 1.165) is 38.0 Å². The van der Waals surface area contributed by atoms with Crippen LogP contribution in [0.3, 0.4) is 0 Å². The first-order valence-corrected chi connectivity index (χ1v) is 9.46. The molecule has 0 aliphatic rings. The van der Waals surface area contributed by atoms with Crippen molar-refractivity contribution in [3.8, 4) is 0 Å². The lowest BCUT2D eigenvalue weighted by Gasteiger charge is -2.33. The minimum absolute atomic E-state index is 0.569. The van der Waals surface area contributed by atoms with E-state index in [9.17, 15) is 0 Å². The Morgan fingerprint density at radius 1 is 0.636 bits per heavy atom. The average Bonchev–Trinajstić information content (AvgIpc) is 2.40. The molecule has 134 valence electrons. The molecule has 0 aliphatic heterocycles. The Bertz CT molecular complexity index is 237. The molecule has 0 unspecified atom stereocenters. The van der Waals surface area contributed by atoms with Crippen LogP contribution in [0.15, 0.2) is 0 Å². The molecule has 0 saturated carbocycles. The molecule has 0 heterocycles. The van der Waals surface area contributed by atoms with Gasteiger partial charge in [-0.2, -0.15) is 0 Å². The second-order valence-electron chi connectivity index (χ2n) is 7.99. The van der Waals surface area contributed by atoms with Gasteiger partial charge in [-0.25, -0.2) is 0 Å². The second kappa shape index (κ2) is 12.3. The zero-order chi connectivity index (χ0) is 17.1. The van der Waals surface area contributed by atoms with Crippen molar-refractivity contribution in [3.05, 3.63) is 0 Å². The van der Waals surface area contributed by atoms with Crippen LogP contribution < -0.4 is 5.32 Å². The monoisotopic (exact) mass is 313 g/mol. The molecule has 3 nitrogen and oxygen atoms in total. The van der Waals surface area contributed by atoms with Crippen molar-refractivity contribution in [2.75, 3.05) is 45.8 Å². The third-order valence-electron chi connectivity index (χ3n) is 3.91. The highest BCUT2D eigenvalue weighted by atomic mass is 15.2. The smallest absolute Gasteiger partial charge is 0.0322 e. The van der Waals surface area contributed by atoms with Crippen molar-refractivity contribution in [3.63, 3.8) is 0 Å². The number of likely N-dealkylation sites (N-methyl/N-ethyl adjacent to an activating group) is 1. The first kappa shape index (κ1) is 21.9. The Kier molecular flexibility index (Phi) is 12.3. The summed E-state index contributed by atoms with van der Waals surface area (Å²) in [5.41, 5.74) is 0. The number of rotatable bonds is 13. The molecule has 0 bridgehead atoms. The van der Waals surface area contributed by atoms with E-state index >= 15 is 0 Å². The Morgan fingerprint density at radius 2 is 1.09 bits per heavy atom. The van der Waals surface area contributed by atoms with E-state index in [1.165, 1.54) is 19.6 Å². The summed E-state index contributed by atoms with van der Waals surface area (Å²) in [6, 6.07) is 0.569. The number of nitrogens with zero attached hydrogens (tertiary/aromatic N) is 2. The number of hydrogen-bond donors (Lipinski definition) is 1. The van der Waals surface area contributed by atoms with Crippen LogP contribution in [0.2, 0.25) is 0 Å². The lowest BCUT2D eigenvalue weighted by Crippen LogP contribution is -2.50. The molecule has 22 heavy (non-hydrogen) atoms. The highest BCUT2D eigenvalue weighted by Gasteiger charge is 2.18. The van der Waals surface area contributed by atoms with E-state index in [4.69, 9.17) is 0 Å². The number of nitrogens with one attached hydrogen (secondary N) is 1. The van der Waals surface area contributed by atoms with Crippen LogP contribution in [0, 0.1) is 17.8 Å². The Morgan fingerprint density at radius 3 is 1.45 bits per heavy atom. The zero-order valence-electron chi connectivity index (χ0n) is 16.7. The highest BCUT2D eigenvalue weighted by Crippen LogP contribution is 2.06. The van der Waals surface area contributed by atoms with Crippen molar-refractivity contribution in [1.29, 1.82) is 0 Å². The third kappa shape index (κ3) is 11.4. The fourth-order valence-corrected chi connectivity index (χ4v) is 2.95. The summed E-state index contributed by atoms with van der Waals surface area (Å²) in [5, 5.41) is 3.81. The molecule has 0 aliphatic carbocycles. The average molecular weight is 314 g/mol.